The molecule has 16 heavy (non-hydrogen) atoms. The van der Waals surface area contributed by atoms with E-state index in [0.717, 1.165) is 12.2 Å². The standard InChI is InChI=1S/C8H8Cl4O4/c9-5(10)3-15-7(13)1-2-8(14)16-4-6(11)12/h1-2,5-6H,3-4H2/b2-1-. The van der Waals surface area contributed by atoms with Gasteiger partial charge in [-0.2, -0.15) is 0 Å². The maximum absolute atomic E-state index is 10.9. The van der Waals surface area contributed by atoms with Gasteiger partial charge in [0.15, 0.2) is 0 Å². The Labute approximate surface area is 112 Å². The first-order chi connectivity index (χ1) is 7.41. The van der Waals surface area contributed by atoms with Crippen LogP contribution in [0.3, 0.4) is 0 Å². The second-order valence-corrected chi connectivity index (χ2v) is 4.93. The van der Waals surface area contributed by atoms with Gasteiger partial charge in [0, 0.05) is 12.2 Å². The minimum Gasteiger partial charge on any atom is -0.460 e. The van der Waals surface area contributed by atoms with Crippen LogP contribution in [-0.2, 0) is 19.1 Å². The number of carbonyl (C=O) groups excluding carboxylic acids is 2. The van der Waals surface area contributed by atoms with Gasteiger partial charge in [0.25, 0.3) is 0 Å². The molecule has 0 aromatic carbocycles. The molecule has 0 rings (SSSR count). The third-order valence-electron chi connectivity index (χ3n) is 1.06. The van der Waals surface area contributed by atoms with E-state index < -0.39 is 21.6 Å². The lowest BCUT2D eigenvalue weighted by Crippen LogP contribution is -2.10. The van der Waals surface area contributed by atoms with Gasteiger partial charge < -0.3 is 9.47 Å². The molecule has 4 nitrogen and oxygen atoms in total. The monoisotopic (exact) mass is 308 g/mol. The van der Waals surface area contributed by atoms with Gasteiger partial charge in [-0.3, -0.25) is 0 Å². The molecular weight excluding hydrogens is 302 g/mol. The average molecular weight is 310 g/mol. The van der Waals surface area contributed by atoms with Gasteiger partial charge in [-0.1, -0.05) is 0 Å². The highest BCUT2D eigenvalue weighted by Gasteiger charge is 2.05. The molecule has 8 heteroatoms. The Bertz CT molecular complexity index is 239. The summed E-state index contributed by atoms with van der Waals surface area (Å²) in [6.07, 6.45) is 1.77. The van der Waals surface area contributed by atoms with Gasteiger partial charge in [-0.05, 0) is 0 Å². The molecule has 0 saturated carbocycles. The van der Waals surface area contributed by atoms with Gasteiger partial charge in [0.2, 0.25) is 0 Å². The molecule has 0 bridgehead atoms. The number of halogens is 4. The predicted octanol–water partition coefficient (Wildman–Crippen LogP) is 2.24. The van der Waals surface area contributed by atoms with Crippen molar-refractivity contribution in [2.45, 2.75) is 9.67 Å². The molecule has 0 aliphatic rings. The summed E-state index contributed by atoms with van der Waals surface area (Å²) in [5.41, 5.74) is 0. The van der Waals surface area contributed by atoms with Crippen molar-refractivity contribution in [2.24, 2.45) is 0 Å². The molecule has 0 N–H and O–H groups in total. The number of hydrogen-bond donors (Lipinski definition) is 0. The van der Waals surface area contributed by atoms with Crippen molar-refractivity contribution in [3.8, 4) is 0 Å². The van der Waals surface area contributed by atoms with E-state index >= 15 is 0 Å². The minimum atomic E-state index is -0.808. The SMILES string of the molecule is O=C(/C=C\C(=O)OCC(Cl)Cl)OCC(Cl)Cl. The smallest absolute Gasteiger partial charge is 0.331 e. The molecule has 0 saturated heterocycles. The molecule has 0 aromatic heterocycles. The first-order valence-electron chi connectivity index (χ1n) is 3.99. The molecule has 0 aliphatic carbocycles. The van der Waals surface area contributed by atoms with Crippen LogP contribution in [0.1, 0.15) is 0 Å². The number of esters is 2. The molecule has 0 heterocycles. The van der Waals surface area contributed by atoms with Crippen LogP contribution in [0.25, 0.3) is 0 Å². The van der Waals surface area contributed by atoms with Crippen molar-refractivity contribution in [1.82, 2.24) is 0 Å². The average Bonchev–Trinajstić information content (AvgIpc) is 2.20. The van der Waals surface area contributed by atoms with Crippen LogP contribution in [0.15, 0.2) is 12.2 Å². The fraction of sp³-hybridized carbons (Fsp3) is 0.500. The van der Waals surface area contributed by atoms with Gasteiger partial charge >= 0.3 is 11.9 Å². The maximum Gasteiger partial charge on any atom is 0.331 e. The number of carbonyl (C=O) groups is 2. The molecule has 0 spiro atoms. The molecule has 92 valence electrons. The van der Waals surface area contributed by atoms with Crippen LogP contribution in [0, 0.1) is 0 Å². The summed E-state index contributed by atoms with van der Waals surface area (Å²) in [5, 5.41) is 0. The zero-order chi connectivity index (χ0) is 12.6. The van der Waals surface area contributed by atoms with E-state index in [4.69, 9.17) is 46.4 Å². The highest BCUT2D eigenvalue weighted by atomic mass is 35.5. The summed E-state index contributed by atoms with van der Waals surface area (Å²) < 4.78 is 9.06. The molecule has 0 radical (unpaired) electrons. The third kappa shape index (κ3) is 10.4. The van der Waals surface area contributed by atoms with Crippen molar-refractivity contribution in [2.75, 3.05) is 13.2 Å². The van der Waals surface area contributed by atoms with Gasteiger partial charge in [-0.25, -0.2) is 9.59 Å². The Kier molecular flexibility index (Phi) is 8.84. The summed E-state index contributed by atoms with van der Waals surface area (Å²) in [6, 6.07) is 0. The van der Waals surface area contributed by atoms with E-state index in [1.807, 2.05) is 0 Å². The summed E-state index contributed by atoms with van der Waals surface area (Å²) in [4.78, 5) is 20.2. The molecule has 0 amide bonds. The van der Waals surface area contributed by atoms with Crippen molar-refractivity contribution in [1.29, 1.82) is 0 Å². The summed E-state index contributed by atoms with van der Waals surface area (Å²) in [7, 11) is 0. The van der Waals surface area contributed by atoms with Crippen LogP contribution >= 0.6 is 46.4 Å². The number of ether oxygens (including phenoxy) is 2. The zero-order valence-electron chi connectivity index (χ0n) is 7.87. The number of alkyl halides is 4. The second-order valence-electron chi connectivity index (χ2n) is 2.38. The molecule has 0 aliphatic heterocycles. The largest absolute Gasteiger partial charge is 0.460 e. The first-order valence-corrected chi connectivity index (χ1v) is 5.74. The molecule has 0 atom stereocenters. The van der Waals surface area contributed by atoms with E-state index in [2.05, 4.69) is 9.47 Å². The Morgan fingerprint density at radius 1 is 0.875 bits per heavy atom. The van der Waals surface area contributed by atoms with Gasteiger partial charge in [0.05, 0.1) is 0 Å². The maximum atomic E-state index is 10.9. The minimum absolute atomic E-state index is 0.160. The highest BCUT2D eigenvalue weighted by molar-refractivity contribution is 6.44. The molecule has 0 aromatic rings. The summed E-state index contributed by atoms with van der Waals surface area (Å²) in [5.74, 6) is -1.51. The van der Waals surface area contributed by atoms with Crippen molar-refractivity contribution >= 4 is 58.3 Å². The summed E-state index contributed by atoms with van der Waals surface area (Å²) in [6.45, 7) is -0.320. The van der Waals surface area contributed by atoms with Crippen molar-refractivity contribution in [3.63, 3.8) is 0 Å². The predicted molar refractivity (Wildman–Crippen MR) is 62.0 cm³/mol. The molecular formula is C8H8Cl4O4. The fourth-order valence-electron chi connectivity index (χ4n) is 0.523. The lowest BCUT2D eigenvalue weighted by Gasteiger charge is -2.02. The molecule has 0 unspecified atom stereocenters. The Morgan fingerprint density at radius 2 is 1.19 bits per heavy atom. The highest BCUT2D eigenvalue weighted by Crippen LogP contribution is 2.02. The summed E-state index contributed by atoms with van der Waals surface area (Å²) >= 11 is 21.2. The molecule has 0 fully saturated rings. The van der Waals surface area contributed by atoms with Crippen LogP contribution in [0.4, 0.5) is 0 Å². The van der Waals surface area contributed by atoms with Crippen LogP contribution < -0.4 is 0 Å². The van der Waals surface area contributed by atoms with Crippen LogP contribution in [-0.4, -0.2) is 34.8 Å². The number of rotatable bonds is 6. The van der Waals surface area contributed by atoms with E-state index in [-0.39, 0.29) is 13.2 Å². The van der Waals surface area contributed by atoms with E-state index in [1.54, 1.807) is 0 Å². The number of hydrogen-bond acceptors (Lipinski definition) is 4. The Morgan fingerprint density at radius 3 is 1.44 bits per heavy atom. The quantitative estimate of drug-likeness (QED) is 0.429. The van der Waals surface area contributed by atoms with Crippen molar-refractivity contribution in [3.05, 3.63) is 12.2 Å². The lowest BCUT2D eigenvalue weighted by molar-refractivity contribution is -0.140. The van der Waals surface area contributed by atoms with Gasteiger partial charge in [0.1, 0.15) is 22.9 Å². The van der Waals surface area contributed by atoms with Crippen LogP contribution in [0.2, 0.25) is 0 Å². The topological polar surface area (TPSA) is 52.6 Å². The fourth-order valence-corrected chi connectivity index (χ4v) is 0.775. The first kappa shape index (κ1) is 15.8. The lowest BCUT2D eigenvalue weighted by atomic mass is 10.5. The van der Waals surface area contributed by atoms with Crippen molar-refractivity contribution < 1.29 is 19.1 Å². The third-order valence-corrected chi connectivity index (χ3v) is 1.56. The van der Waals surface area contributed by atoms with Crippen LogP contribution in [0.5, 0.6) is 0 Å². The Balaban J connectivity index is 3.80. The zero-order valence-corrected chi connectivity index (χ0v) is 10.9. The Hall–Kier alpha value is -0.160. The van der Waals surface area contributed by atoms with E-state index in [0.29, 0.717) is 0 Å². The second kappa shape index (κ2) is 8.93. The van der Waals surface area contributed by atoms with E-state index in [9.17, 15) is 9.59 Å². The van der Waals surface area contributed by atoms with Gasteiger partial charge in [-0.15, -0.1) is 46.4 Å². The normalized spacial score (nSPS) is 11.1. The van der Waals surface area contributed by atoms with E-state index in [1.165, 1.54) is 0 Å².